The number of carbonyl (C=O) groups is 3. The molecule has 2 aromatic rings. The number of amides is 3. The van der Waals surface area contributed by atoms with Crippen molar-refractivity contribution in [1.29, 1.82) is 0 Å². The highest BCUT2D eigenvalue weighted by Crippen LogP contribution is 2.30. The fraction of sp³-hybridized carbons (Fsp3) is 0.111. The van der Waals surface area contributed by atoms with Crippen molar-refractivity contribution >= 4 is 41.1 Å². The van der Waals surface area contributed by atoms with Crippen LogP contribution in [0.2, 0.25) is 0 Å². The van der Waals surface area contributed by atoms with E-state index in [9.17, 15) is 14.4 Å². The van der Waals surface area contributed by atoms with Crippen LogP contribution in [0.15, 0.2) is 40.4 Å². The van der Waals surface area contributed by atoms with Gasteiger partial charge in [-0.15, -0.1) is 0 Å². The molecule has 0 atom stereocenters. The lowest BCUT2D eigenvalue weighted by Crippen LogP contribution is -2.29. The summed E-state index contributed by atoms with van der Waals surface area (Å²) in [6.07, 6.45) is 1.54. The number of thiocarbonyl (C=S) groups is 1. The van der Waals surface area contributed by atoms with Gasteiger partial charge in [0.05, 0.1) is 11.1 Å². The van der Waals surface area contributed by atoms with Crippen molar-refractivity contribution in [2.75, 3.05) is 6.54 Å². The fourth-order valence-corrected chi connectivity index (χ4v) is 3.14. The average Bonchev–Trinajstić information content (AvgIpc) is 3.27. The predicted octanol–water partition coefficient (Wildman–Crippen LogP) is 1.91. The molecule has 0 aliphatic carbocycles. The third-order valence-corrected chi connectivity index (χ3v) is 4.41. The molecule has 0 spiro atoms. The quantitative estimate of drug-likeness (QED) is 0.489. The largest absolute Gasteiger partial charge is 0.457 e. The third kappa shape index (κ3) is 2.51. The molecule has 0 unspecified atom stereocenters. The number of rotatable bonds is 3. The van der Waals surface area contributed by atoms with Crippen LogP contribution in [0, 0.1) is 0 Å². The maximum atomic E-state index is 12.3. The Morgan fingerprint density at radius 1 is 1.08 bits per heavy atom. The van der Waals surface area contributed by atoms with Crippen LogP contribution in [-0.2, 0) is 4.79 Å². The van der Waals surface area contributed by atoms with E-state index in [0.29, 0.717) is 40.5 Å². The Hall–Kier alpha value is -3.26. The normalized spacial score (nSPS) is 17.7. The minimum Gasteiger partial charge on any atom is -0.457 e. The van der Waals surface area contributed by atoms with Crippen molar-refractivity contribution < 1.29 is 18.8 Å². The molecule has 1 aromatic carbocycles. The summed E-state index contributed by atoms with van der Waals surface area (Å²) in [4.78, 5) is 37.4. The fourth-order valence-electron chi connectivity index (χ4n) is 2.94. The minimum atomic E-state index is -0.325. The number of nitrogens with zero attached hydrogens (tertiary/aromatic N) is 1. The Kier molecular flexibility index (Phi) is 3.69. The molecule has 1 aromatic heterocycles. The zero-order valence-electron chi connectivity index (χ0n) is 13.7. The summed E-state index contributed by atoms with van der Waals surface area (Å²) in [5.41, 5.74) is 1.73. The molecule has 0 saturated carbocycles. The second kappa shape index (κ2) is 5.92. The summed E-state index contributed by atoms with van der Waals surface area (Å²) in [7, 11) is 0. The Bertz CT molecular complexity index is 1020. The topological polar surface area (TPSA) is 91.7 Å². The first-order chi connectivity index (χ1) is 12.5. The molecule has 1 fully saturated rings. The molecule has 4 rings (SSSR count). The van der Waals surface area contributed by atoms with Crippen LogP contribution < -0.4 is 10.6 Å². The highest BCUT2D eigenvalue weighted by molar-refractivity contribution is 7.80. The van der Waals surface area contributed by atoms with Crippen LogP contribution in [0.1, 0.15) is 33.4 Å². The van der Waals surface area contributed by atoms with E-state index in [0.717, 1.165) is 0 Å². The van der Waals surface area contributed by atoms with Gasteiger partial charge < -0.3 is 9.73 Å². The molecule has 26 heavy (non-hydrogen) atoms. The van der Waals surface area contributed by atoms with Gasteiger partial charge in [0.25, 0.3) is 17.7 Å². The molecule has 7 nitrogen and oxygen atoms in total. The molecule has 130 valence electrons. The van der Waals surface area contributed by atoms with Gasteiger partial charge in [0, 0.05) is 18.2 Å². The lowest BCUT2D eigenvalue weighted by atomic mass is 10.0. The Labute approximate surface area is 153 Å². The van der Waals surface area contributed by atoms with Crippen molar-refractivity contribution in [3.05, 3.63) is 52.9 Å². The zero-order valence-corrected chi connectivity index (χ0v) is 14.5. The molecule has 0 radical (unpaired) electrons. The third-order valence-electron chi connectivity index (χ3n) is 4.20. The summed E-state index contributed by atoms with van der Waals surface area (Å²) in [5.74, 6) is 0.0762. The van der Waals surface area contributed by atoms with Crippen molar-refractivity contribution in [3.63, 3.8) is 0 Å². The van der Waals surface area contributed by atoms with Gasteiger partial charge in [0.1, 0.15) is 17.2 Å². The highest BCUT2D eigenvalue weighted by atomic mass is 32.1. The molecule has 3 amide bonds. The number of fused-ring (bicyclic) bond motifs is 1. The zero-order chi connectivity index (χ0) is 18.4. The van der Waals surface area contributed by atoms with Crippen LogP contribution in [0.4, 0.5) is 0 Å². The Morgan fingerprint density at radius 2 is 1.85 bits per heavy atom. The highest BCUT2D eigenvalue weighted by Gasteiger charge is 2.34. The first kappa shape index (κ1) is 16.2. The van der Waals surface area contributed by atoms with Gasteiger partial charge in [0.2, 0.25) is 0 Å². The van der Waals surface area contributed by atoms with E-state index in [4.69, 9.17) is 16.6 Å². The predicted molar refractivity (Wildman–Crippen MR) is 97.0 cm³/mol. The second-order valence-electron chi connectivity index (χ2n) is 5.78. The standard InChI is InChI=1S/C18H13N3O4S/c1-2-21-16(23)11-5-3-9(7-12(11)17(21)24)14-6-4-10(25-14)8-13-15(22)20-18(26)19-13/h3-8H,2H2,1H3,(H2,19,20,22,26)/b13-8+. The molecule has 0 bridgehead atoms. The van der Waals surface area contributed by atoms with Crippen molar-refractivity contribution in [2.45, 2.75) is 6.92 Å². The minimum absolute atomic E-state index is 0.246. The van der Waals surface area contributed by atoms with E-state index in [1.807, 2.05) is 0 Å². The van der Waals surface area contributed by atoms with Crippen LogP contribution >= 0.6 is 12.2 Å². The molecule has 8 heteroatoms. The van der Waals surface area contributed by atoms with Crippen molar-refractivity contribution in [3.8, 4) is 11.3 Å². The number of benzene rings is 1. The molecule has 1 saturated heterocycles. The number of nitrogens with one attached hydrogen (secondary N) is 2. The van der Waals surface area contributed by atoms with Gasteiger partial charge in [-0.3, -0.25) is 24.6 Å². The number of hydrogen-bond donors (Lipinski definition) is 2. The molecular formula is C18H13N3O4S. The molecule has 3 heterocycles. The summed E-state index contributed by atoms with van der Waals surface area (Å²) in [6, 6.07) is 8.45. The van der Waals surface area contributed by atoms with E-state index in [2.05, 4.69) is 10.6 Å². The first-order valence-electron chi connectivity index (χ1n) is 7.92. The van der Waals surface area contributed by atoms with E-state index >= 15 is 0 Å². The van der Waals surface area contributed by atoms with E-state index in [1.54, 1.807) is 43.3 Å². The SMILES string of the molecule is CCN1C(=O)c2ccc(-c3ccc(/C=C4/NC(=S)NC4=O)o3)cc2C1=O. The molecule has 2 aliphatic heterocycles. The summed E-state index contributed by atoms with van der Waals surface area (Å²) >= 11 is 4.88. The average molecular weight is 367 g/mol. The smallest absolute Gasteiger partial charge is 0.274 e. The van der Waals surface area contributed by atoms with Crippen molar-refractivity contribution in [2.24, 2.45) is 0 Å². The van der Waals surface area contributed by atoms with Gasteiger partial charge in [-0.2, -0.15) is 0 Å². The van der Waals surface area contributed by atoms with Gasteiger partial charge in [-0.25, -0.2) is 0 Å². The molecule has 2 N–H and O–H groups in total. The first-order valence-corrected chi connectivity index (χ1v) is 8.33. The summed E-state index contributed by atoms with van der Waals surface area (Å²) in [6.45, 7) is 2.09. The number of furan rings is 1. The molecule has 2 aliphatic rings. The summed E-state index contributed by atoms with van der Waals surface area (Å²) < 4.78 is 5.74. The van der Waals surface area contributed by atoms with E-state index in [1.165, 1.54) is 4.90 Å². The number of hydrogen-bond acceptors (Lipinski definition) is 5. The lowest BCUT2D eigenvalue weighted by molar-refractivity contribution is -0.115. The lowest BCUT2D eigenvalue weighted by Gasteiger charge is -2.08. The maximum absolute atomic E-state index is 12.3. The monoisotopic (exact) mass is 367 g/mol. The second-order valence-corrected chi connectivity index (χ2v) is 6.19. The Morgan fingerprint density at radius 3 is 2.54 bits per heavy atom. The van der Waals surface area contributed by atoms with Crippen LogP contribution in [0.5, 0.6) is 0 Å². The van der Waals surface area contributed by atoms with Crippen LogP contribution in [0.3, 0.4) is 0 Å². The van der Waals surface area contributed by atoms with Crippen LogP contribution in [0.25, 0.3) is 17.4 Å². The maximum Gasteiger partial charge on any atom is 0.274 e. The van der Waals surface area contributed by atoms with E-state index in [-0.39, 0.29) is 22.8 Å². The van der Waals surface area contributed by atoms with Gasteiger partial charge in [-0.05, 0) is 43.4 Å². The van der Waals surface area contributed by atoms with Gasteiger partial charge >= 0.3 is 0 Å². The summed E-state index contributed by atoms with van der Waals surface area (Å²) in [5, 5.41) is 5.46. The molecular weight excluding hydrogens is 354 g/mol. The number of carbonyl (C=O) groups excluding carboxylic acids is 3. The van der Waals surface area contributed by atoms with Gasteiger partial charge in [0.15, 0.2) is 5.11 Å². The Balaban J connectivity index is 1.66. The number of imide groups is 1. The van der Waals surface area contributed by atoms with E-state index < -0.39 is 0 Å². The van der Waals surface area contributed by atoms with Crippen molar-refractivity contribution in [1.82, 2.24) is 15.5 Å². The van der Waals surface area contributed by atoms with Gasteiger partial charge in [-0.1, -0.05) is 6.07 Å². The van der Waals surface area contributed by atoms with Crippen LogP contribution in [-0.4, -0.2) is 34.3 Å².